The van der Waals surface area contributed by atoms with Crippen LogP contribution in [0.5, 0.6) is 5.75 Å². The molecular formula is C29H28FNO5. The molecular weight excluding hydrogens is 461 g/mol. The van der Waals surface area contributed by atoms with Crippen LogP contribution in [0.2, 0.25) is 0 Å². The van der Waals surface area contributed by atoms with Crippen molar-refractivity contribution in [1.29, 1.82) is 0 Å². The van der Waals surface area contributed by atoms with Crippen molar-refractivity contribution in [3.05, 3.63) is 106 Å². The number of aliphatic hydroxyl groups excluding tert-OH is 1. The van der Waals surface area contributed by atoms with Gasteiger partial charge in [0.2, 0.25) is 0 Å². The van der Waals surface area contributed by atoms with Gasteiger partial charge in [-0.05, 0) is 60.9 Å². The van der Waals surface area contributed by atoms with Gasteiger partial charge >= 0.3 is 0 Å². The van der Waals surface area contributed by atoms with Crippen LogP contribution in [0.4, 0.5) is 4.39 Å². The number of ether oxygens (including phenoxy) is 2. The third-order valence-corrected chi connectivity index (χ3v) is 6.22. The fourth-order valence-electron chi connectivity index (χ4n) is 4.30. The number of hydrogen-bond donors (Lipinski definition) is 1. The van der Waals surface area contributed by atoms with E-state index in [1.807, 2.05) is 26.0 Å². The van der Waals surface area contributed by atoms with Gasteiger partial charge in [0.05, 0.1) is 18.2 Å². The maximum Gasteiger partial charge on any atom is 0.295 e. The zero-order valence-electron chi connectivity index (χ0n) is 20.5. The molecule has 7 heteroatoms. The monoisotopic (exact) mass is 489 g/mol. The predicted molar refractivity (Wildman–Crippen MR) is 134 cm³/mol. The van der Waals surface area contributed by atoms with Crippen LogP contribution >= 0.6 is 0 Å². The number of aryl methyl sites for hydroxylation is 2. The predicted octanol–water partition coefficient (Wildman–Crippen LogP) is 5.09. The number of hydrogen-bond acceptors (Lipinski definition) is 5. The van der Waals surface area contributed by atoms with Crippen LogP contribution in [0, 0.1) is 19.7 Å². The zero-order chi connectivity index (χ0) is 25.8. The van der Waals surface area contributed by atoms with Gasteiger partial charge < -0.3 is 19.5 Å². The molecule has 0 radical (unpaired) electrons. The number of amides is 1. The standard InChI is InChI=1S/C29H28FNO5/c1-18-7-8-19(2)24(15-18)27(32)25-26(31(13-14-35-3)29(34)28(25)33)21-5-4-6-23(16-21)36-17-20-9-11-22(30)12-10-20/h4-12,15-16,26,32H,13-14,17H2,1-3H3/b27-25+. The summed E-state index contributed by atoms with van der Waals surface area (Å²) in [5.41, 5.74) is 3.66. The van der Waals surface area contributed by atoms with Crippen LogP contribution in [0.3, 0.4) is 0 Å². The van der Waals surface area contributed by atoms with E-state index in [4.69, 9.17) is 9.47 Å². The molecule has 0 aromatic heterocycles. The summed E-state index contributed by atoms with van der Waals surface area (Å²) < 4.78 is 24.3. The van der Waals surface area contributed by atoms with Crippen molar-refractivity contribution in [2.45, 2.75) is 26.5 Å². The molecule has 186 valence electrons. The molecule has 36 heavy (non-hydrogen) atoms. The quantitative estimate of drug-likeness (QED) is 0.271. The lowest BCUT2D eigenvalue weighted by atomic mass is 9.93. The van der Waals surface area contributed by atoms with E-state index in [0.29, 0.717) is 16.9 Å². The number of ketones is 1. The molecule has 1 N–H and O–H groups in total. The summed E-state index contributed by atoms with van der Waals surface area (Å²) in [5.74, 6) is -1.46. The number of benzene rings is 3. The van der Waals surface area contributed by atoms with Gasteiger partial charge in [0.15, 0.2) is 0 Å². The largest absolute Gasteiger partial charge is 0.507 e. The van der Waals surface area contributed by atoms with E-state index < -0.39 is 17.7 Å². The Morgan fingerprint density at radius 2 is 1.78 bits per heavy atom. The van der Waals surface area contributed by atoms with Crippen molar-refractivity contribution in [3.63, 3.8) is 0 Å². The number of carbonyl (C=O) groups excluding carboxylic acids is 2. The van der Waals surface area contributed by atoms with Gasteiger partial charge in [0.1, 0.15) is 23.9 Å². The molecule has 0 saturated carbocycles. The molecule has 0 spiro atoms. The lowest BCUT2D eigenvalue weighted by Crippen LogP contribution is -2.32. The molecule has 4 rings (SSSR count). The number of aliphatic hydroxyl groups is 1. The van der Waals surface area contributed by atoms with Crippen molar-refractivity contribution in [3.8, 4) is 5.75 Å². The van der Waals surface area contributed by atoms with E-state index in [9.17, 15) is 19.1 Å². The summed E-state index contributed by atoms with van der Waals surface area (Å²) in [6.07, 6.45) is 0. The Balaban J connectivity index is 1.75. The van der Waals surface area contributed by atoms with Crippen molar-refractivity contribution < 1.29 is 28.6 Å². The van der Waals surface area contributed by atoms with Crippen molar-refractivity contribution in [2.24, 2.45) is 0 Å². The Morgan fingerprint density at radius 3 is 2.50 bits per heavy atom. The van der Waals surface area contributed by atoms with Gasteiger partial charge in [0, 0.05) is 19.2 Å². The second-order valence-electron chi connectivity index (χ2n) is 8.79. The number of nitrogens with zero attached hydrogens (tertiary/aromatic N) is 1. The van der Waals surface area contributed by atoms with Gasteiger partial charge in [-0.3, -0.25) is 9.59 Å². The summed E-state index contributed by atoms with van der Waals surface area (Å²) in [6, 6.07) is 17.9. The van der Waals surface area contributed by atoms with E-state index in [-0.39, 0.29) is 36.9 Å². The van der Waals surface area contributed by atoms with Gasteiger partial charge in [-0.1, -0.05) is 42.0 Å². The van der Waals surface area contributed by atoms with Gasteiger partial charge in [-0.2, -0.15) is 0 Å². The number of Topliss-reactive ketones (excluding diaryl/α,β-unsaturated/α-hetero) is 1. The van der Waals surface area contributed by atoms with Gasteiger partial charge in [-0.25, -0.2) is 4.39 Å². The molecule has 3 aromatic carbocycles. The van der Waals surface area contributed by atoms with E-state index in [1.165, 1.54) is 24.1 Å². The maximum atomic E-state index is 13.2. The second kappa shape index (κ2) is 10.7. The first-order valence-electron chi connectivity index (χ1n) is 11.6. The van der Waals surface area contributed by atoms with Crippen LogP contribution in [0.25, 0.3) is 5.76 Å². The maximum absolute atomic E-state index is 13.2. The van der Waals surface area contributed by atoms with Crippen LogP contribution in [0.1, 0.15) is 33.9 Å². The smallest absolute Gasteiger partial charge is 0.295 e. The molecule has 1 aliphatic heterocycles. The Labute approximate surface area is 209 Å². The van der Waals surface area contributed by atoms with Gasteiger partial charge in [-0.15, -0.1) is 0 Å². The summed E-state index contributed by atoms with van der Waals surface area (Å²) in [5, 5.41) is 11.3. The Kier molecular flexibility index (Phi) is 7.50. The Morgan fingerprint density at radius 1 is 1.03 bits per heavy atom. The van der Waals surface area contributed by atoms with Crippen LogP contribution in [0.15, 0.2) is 72.3 Å². The number of likely N-dealkylation sites (tertiary alicyclic amines) is 1. The number of rotatable bonds is 8. The first-order valence-corrected chi connectivity index (χ1v) is 11.6. The van der Waals surface area contributed by atoms with E-state index in [0.717, 1.165) is 16.7 Å². The van der Waals surface area contributed by atoms with Crippen molar-refractivity contribution in [1.82, 2.24) is 4.90 Å². The average molecular weight is 490 g/mol. The number of carbonyl (C=O) groups is 2. The lowest BCUT2D eigenvalue weighted by Gasteiger charge is -2.25. The fraction of sp³-hybridized carbons (Fsp3) is 0.241. The number of methoxy groups -OCH3 is 1. The first-order chi connectivity index (χ1) is 17.3. The molecule has 1 atom stereocenters. The van der Waals surface area contributed by atoms with E-state index in [1.54, 1.807) is 42.5 Å². The normalized spacial score (nSPS) is 17.0. The minimum absolute atomic E-state index is 0.0282. The third kappa shape index (κ3) is 5.16. The molecule has 1 saturated heterocycles. The second-order valence-corrected chi connectivity index (χ2v) is 8.79. The van der Waals surface area contributed by atoms with Crippen molar-refractivity contribution in [2.75, 3.05) is 20.3 Å². The zero-order valence-corrected chi connectivity index (χ0v) is 20.5. The molecule has 0 bridgehead atoms. The highest BCUT2D eigenvalue weighted by Crippen LogP contribution is 2.40. The first kappa shape index (κ1) is 25.1. The summed E-state index contributed by atoms with van der Waals surface area (Å²) in [7, 11) is 1.52. The summed E-state index contributed by atoms with van der Waals surface area (Å²) in [6.45, 7) is 4.36. The molecule has 3 aromatic rings. The molecule has 0 aliphatic carbocycles. The minimum atomic E-state index is -0.811. The molecule has 1 fully saturated rings. The molecule has 1 amide bonds. The van der Waals surface area contributed by atoms with Crippen LogP contribution < -0.4 is 4.74 Å². The fourth-order valence-corrected chi connectivity index (χ4v) is 4.30. The highest BCUT2D eigenvalue weighted by atomic mass is 19.1. The summed E-state index contributed by atoms with van der Waals surface area (Å²) >= 11 is 0. The highest BCUT2D eigenvalue weighted by Gasteiger charge is 2.46. The van der Waals surface area contributed by atoms with Crippen molar-refractivity contribution >= 4 is 17.4 Å². The van der Waals surface area contributed by atoms with E-state index in [2.05, 4.69) is 0 Å². The average Bonchev–Trinajstić information content (AvgIpc) is 3.13. The topological polar surface area (TPSA) is 76.1 Å². The summed E-state index contributed by atoms with van der Waals surface area (Å²) in [4.78, 5) is 27.6. The Bertz CT molecular complexity index is 1320. The lowest BCUT2D eigenvalue weighted by molar-refractivity contribution is -0.140. The molecule has 1 heterocycles. The van der Waals surface area contributed by atoms with Crippen LogP contribution in [-0.2, 0) is 20.9 Å². The number of halogens is 1. The molecule has 1 aliphatic rings. The molecule has 1 unspecified atom stereocenters. The van der Waals surface area contributed by atoms with Gasteiger partial charge in [0.25, 0.3) is 11.7 Å². The van der Waals surface area contributed by atoms with Crippen LogP contribution in [-0.4, -0.2) is 42.0 Å². The van der Waals surface area contributed by atoms with E-state index >= 15 is 0 Å². The highest BCUT2D eigenvalue weighted by molar-refractivity contribution is 6.46. The molecule has 6 nitrogen and oxygen atoms in total. The third-order valence-electron chi connectivity index (χ3n) is 6.22. The SMILES string of the molecule is COCCN1C(=O)C(=O)/C(=C(/O)c2cc(C)ccc2C)C1c1cccc(OCc2ccc(F)cc2)c1. The minimum Gasteiger partial charge on any atom is -0.507 e. The Hall–Kier alpha value is -3.97.